The molecule has 0 N–H and O–H groups in total. The number of likely N-dealkylation sites (tertiary alicyclic amines) is 1. The van der Waals surface area contributed by atoms with Gasteiger partial charge in [-0.15, -0.1) is 0 Å². The maximum atomic E-state index is 12.2. The molecule has 0 aromatic rings. The Morgan fingerprint density at radius 2 is 2.22 bits per heavy atom. The van der Waals surface area contributed by atoms with Crippen molar-refractivity contribution in [3.8, 4) is 6.07 Å². The summed E-state index contributed by atoms with van der Waals surface area (Å²) in [5, 5.41) is 9.04. The van der Waals surface area contributed by atoms with Crippen molar-refractivity contribution in [2.24, 2.45) is 17.3 Å². The summed E-state index contributed by atoms with van der Waals surface area (Å²) in [4.78, 5) is 25.4. The van der Waals surface area contributed by atoms with E-state index in [2.05, 4.69) is 0 Å². The third kappa shape index (κ3) is 1.84. The molecule has 0 spiro atoms. The molecule has 1 fully saturated rings. The molecule has 2 unspecified atom stereocenters. The van der Waals surface area contributed by atoms with Gasteiger partial charge in [-0.05, 0) is 18.3 Å². The number of hydrogen-bond acceptors (Lipinski definition) is 3. The van der Waals surface area contributed by atoms with Crippen LogP contribution in [0.4, 0.5) is 0 Å². The van der Waals surface area contributed by atoms with Gasteiger partial charge in [-0.1, -0.05) is 19.9 Å². The maximum absolute atomic E-state index is 12.2. The van der Waals surface area contributed by atoms with Gasteiger partial charge >= 0.3 is 0 Å². The Kier molecular flexibility index (Phi) is 3.02. The molecule has 2 atom stereocenters. The summed E-state index contributed by atoms with van der Waals surface area (Å²) in [7, 11) is 0. The van der Waals surface area contributed by atoms with E-state index in [1.54, 1.807) is 17.9 Å². The minimum atomic E-state index is -0.493. The molecule has 96 valence electrons. The SMILES string of the molecule is CC(=O)N1CCC2C(C=C(C#N)C(=O)C2(C)C)C1. The van der Waals surface area contributed by atoms with Gasteiger partial charge in [0.15, 0.2) is 5.78 Å². The van der Waals surface area contributed by atoms with Gasteiger partial charge in [0.1, 0.15) is 6.07 Å². The molecule has 0 aromatic carbocycles. The van der Waals surface area contributed by atoms with E-state index in [1.165, 1.54) is 0 Å². The minimum Gasteiger partial charge on any atom is -0.342 e. The number of nitriles is 1. The number of fused-ring (bicyclic) bond motifs is 1. The molecule has 1 saturated heterocycles. The fourth-order valence-corrected chi connectivity index (χ4v) is 3.23. The number of carbonyl (C=O) groups excluding carboxylic acids is 2. The van der Waals surface area contributed by atoms with E-state index in [0.717, 1.165) is 6.42 Å². The topological polar surface area (TPSA) is 61.2 Å². The Morgan fingerprint density at radius 1 is 1.56 bits per heavy atom. The number of carbonyl (C=O) groups is 2. The first-order valence-electron chi connectivity index (χ1n) is 6.30. The summed E-state index contributed by atoms with van der Waals surface area (Å²) in [5.74, 6) is 0.375. The van der Waals surface area contributed by atoms with Crippen molar-refractivity contribution in [2.45, 2.75) is 27.2 Å². The zero-order valence-electron chi connectivity index (χ0n) is 11.1. The van der Waals surface area contributed by atoms with E-state index >= 15 is 0 Å². The van der Waals surface area contributed by atoms with Crippen molar-refractivity contribution in [1.82, 2.24) is 4.90 Å². The van der Waals surface area contributed by atoms with Gasteiger partial charge in [-0.2, -0.15) is 5.26 Å². The van der Waals surface area contributed by atoms with Gasteiger partial charge in [-0.25, -0.2) is 0 Å². The fraction of sp³-hybridized carbons (Fsp3) is 0.643. The summed E-state index contributed by atoms with van der Waals surface area (Å²) in [6.07, 6.45) is 2.60. The van der Waals surface area contributed by atoms with Crippen LogP contribution in [0.5, 0.6) is 0 Å². The van der Waals surface area contributed by atoms with Crippen molar-refractivity contribution >= 4 is 11.7 Å². The fourth-order valence-electron chi connectivity index (χ4n) is 3.23. The van der Waals surface area contributed by atoms with Gasteiger partial charge in [0, 0.05) is 25.4 Å². The number of rotatable bonds is 0. The molecule has 0 saturated carbocycles. The predicted octanol–water partition coefficient (Wildman–Crippen LogP) is 1.53. The second-order valence-corrected chi connectivity index (χ2v) is 5.77. The highest BCUT2D eigenvalue weighted by Crippen LogP contribution is 2.44. The van der Waals surface area contributed by atoms with Crippen molar-refractivity contribution in [3.05, 3.63) is 11.6 Å². The Balaban J connectivity index is 2.34. The first kappa shape index (κ1) is 12.8. The average molecular weight is 246 g/mol. The lowest BCUT2D eigenvalue weighted by Gasteiger charge is -2.46. The minimum absolute atomic E-state index is 0.0532. The number of nitrogens with zero attached hydrogens (tertiary/aromatic N) is 2. The van der Waals surface area contributed by atoms with Crippen molar-refractivity contribution < 1.29 is 9.59 Å². The smallest absolute Gasteiger partial charge is 0.219 e. The zero-order valence-corrected chi connectivity index (χ0v) is 11.1. The number of amides is 1. The van der Waals surface area contributed by atoms with Crippen molar-refractivity contribution in [1.29, 1.82) is 5.26 Å². The summed E-state index contributed by atoms with van der Waals surface area (Å²) >= 11 is 0. The Hall–Kier alpha value is -1.63. The quantitative estimate of drug-likeness (QED) is 0.651. The molecule has 0 bridgehead atoms. The first-order valence-corrected chi connectivity index (χ1v) is 6.30. The highest BCUT2D eigenvalue weighted by atomic mass is 16.2. The van der Waals surface area contributed by atoms with Crippen LogP contribution >= 0.6 is 0 Å². The van der Waals surface area contributed by atoms with E-state index in [0.29, 0.717) is 13.1 Å². The van der Waals surface area contributed by atoms with Gasteiger partial charge in [0.05, 0.1) is 5.57 Å². The number of ketones is 1. The molecule has 18 heavy (non-hydrogen) atoms. The Bertz CT molecular complexity index is 471. The molecule has 0 radical (unpaired) electrons. The molecule has 1 amide bonds. The largest absolute Gasteiger partial charge is 0.342 e. The Labute approximate surface area is 107 Å². The molecule has 1 aliphatic heterocycles. The molecule has 4 nitrogen and oxygen atoms in total. The van der Waals surface area contributed by atoms with E-state index < -0.39 is 5.41 Å². The van der Waals surface area contributed by atoms with Crippen molar-refractivity contribution in [2.75, 3.05) is 13.1 Å². The number of hydrogen-bond donors (Lipinski definition) is 0. The van der Waals surface area contributed by atoms with Gasteiger partial charge in [0.2, 0.25) is 5.91 Å². The summed E-state index contributed by atoms with van der Waals surface area (Å²) in [6, 6.07) is 1.99. The molecule has 0 aromatic heterocycles. The summed E-state index contributed by atoms with van der Waals surface area (Å²) in [6.45, 7) is 6.74. The summed E-state index contributed by atoms with van der Waals surface area (Å²) < 4.78 is 0. The van der Waals surface area contributed by atoms with Crippen LogP contribution in [0, 0.1) is 28.6 Å². The van der Waals surface area contributed by atoms with E-state index in [9.17, 15) is 9.59 Å². The molecule has 1 heterocycles. The third-order valence-electron chi connectivity index (χ3n) is 4.36. The van der Waals surface area contributed by atoms with Crippen LogP contribution in [0.3, 0.4) is 0 Å². The van der Waals surface area contributed by atoms with Crippen LogP contribution in [0.1, 0.15) is 27.2 Å². The second kappa shape index (κ2) is 4.24. The van der Waals surface area contributed by atoms with Gasteiger partial charge < -0.3 is 4.90 Å². The van der Waals surface area contributed by atoms with E-state index in [4.69, 9.17) is 5.26 Å². The monoisotopic (exact) mass is 246 g/mol. The first-order chi connectivity index (χ1) is 8.37. The molecule has 4 heteroatoms. The maximum Gasteiger partial charge on any atom is 0.219 e. The van der Waals surface area contributed by atoms with Crippen LogP contribution in [-0.4, -0.2) is 29.7 Å². The Morgan fingerprint density at radius 3 is 2.78 bits per heavy atom. The van der Waals surface area contributed by atoms with Crippen LogP contribution in [0.2, 0.25) is 0 Å². The highest BCUT2D eigenvalue weighted by Gasteiger charge is 2.47. The number of allylic oxidation sites excluding steroid dienone is 1. The number of Topliss-reactive ketones (excluding diaryl/α,β-unsaturated/α-hetero) is 1. The lowest BCUT2D eigenvalue weighted by molar-refractivity contribution is -0.135. The molecule has 2 rings (SSSR count). The molecule has 1 aliphatic carbocycles. The predicted molar refractivity (Wildman–Crippen MR) is 66.3 cm³/mol. The normalized spacial score (nSPS) is 30.2. The van der Waals surface area contributed by atoms with Crippen LogP contribution in [-0.2, 0) is 9.59 Å². The van der Waals surface area contributed by atoms with Gasteiger partial charge in [0.25, 0.3) is 0 Å². The summed E-state index contributed by atoms with van der Waals surface area (Å²) in [5.41, 5.74) is -0.237. The van der Waals surface area contributed by atoms with Crippen molar-refractivity contribution in [3.63, 3.8) is 0 Å². The second-order valence-electron chi connectivity index (χ2n) is 5.77. The highest BCUT2D eigenvalue weighted by molar-refractivity contribution is 6.03. The lowest BCUT2D eigenvalue weighted by atomic mass is 9.61. The third-order valence-corrected chi connectivity index (χ3v) is 4.36. The average Bonchev–Trinajstić information content (AvgIpc) is 2.33. The molecule has 2 aliphatic rings. The number of piperidine rings is 1. The zero-order chi connectivity index (χ0) is 13.5. The standard InChI is InChI=1S/C14H18N2O2/c1-9(17)16-5-4-12-11(8-16)6-10(7-15)13(18)14(12,2)3/h6,11-12H,4-5,8H2,1-3H3. The van der Waals surface area contributed by atoms with E-state index in [-0.39, 0.29) is 29.1 Å². The van der Waals surface area contributed by atoms with Crippen LogP contribution in [0.15, 0.2) is 11.6 Å². The molecular formula is C14H18N2O2. The molecular weight excluding hydrogens is 228 g/mol. The van der Waals surface area contributed by atoms with Gasteiger partial charge in [-0.3, -0.25) is 9.59 Å². The van der Waals surface area contributed by atoms with Crippen LogP contribution < -0.4 is 0 Å². The van der Waals surface area contributed by atoms with E-state index in [1.807, 2.05) is 19.9 Å². The lowest BCUT2D eigenvalue weighted by Crippen LogP contribution is -2.51. The van der Waals surface area contributed by atoms with Crippen LogP contribution in [0.25, 0.3) is 0 Å².